The largest absolute Gasteiger partial charge is 0.478 e. The maximum atomic E-state index is 12.0. The highest BCUT2D eigenvalue weighted by atomic mass is 79.9. The third-order valence-corrected chi connectivity index (χ3v) is 4.57. The van der Waals surface area contributed by atoms with E-state index in [-0.39, 0.29) is 29.8 Å². The molecule has 2 aliphatic heterocycles. The second kappa shape index (κ2) is 5.65. The number of nitrogens with one attached hydrogen (secondary N) is 2. The third kappa shape index (κ3) is 3.03. The van der Waals surface area contributed by atoms with E-state index in [1.54, 1.807) is 12.1 Å². The molecule has 3 rings (SSSR count). The summed E-state index contributed by atoms with van der Waals surface area (Å²) in [7, 11) is 0. The standard InChI is InChI=1S/C14H15BrN2O4/c15-10-3-1-7(5-9(10)13(18)19)16-14(20)17-11-6-8-2-4-12(11)21-8/h1,3,5,8,11-12H,2,4,6H2,(H,18,19)(H2,16,17,20). The van der Waals surface area contributed by atoms with Gasteiger partial charge in [-0.2, -0.15) is 0 Å². The Hall–Kier alpha value is -1.60. The van der Waals surface area contributed by atoms with Crippen LogP contribution in [-0.2, 0) is 4.74 Å². The molecule has 1 aromatic carbocycles. The van der Waals surface area contributed by atoms with Crippen LogP contribution in [0.4, 0.5) is 10.5 Å². The first-order valence-electron chi connectivity index (χ1n) is 6.79. The molecule has 2 fully saturated rings. The first-order valence-corrected chi connectivity index (χ1v) is 7.58. The number of ether oxygens (including phenoxy) is 1. The number of urea groups is 1. The van der Waals surface area contributed by atoms with E-state index in [1.807, 2.05) is 0 Å². The Balaban J connectivity index is 1.62. The molecule has 2 bridgehead atoms. The van der Waals surface area contributed by atoms with E-state index in [0.717, 1.165) is 19.3 Å². The average molecular weight is 355 g/mol. The molecule has 3 atom stereocenters. The Kier molecular flexibility index (Phi) is 3.86. The number of carbonyl (C=O) groups is 2. The zero-order valence-corrected chi connectivity index (χ0v) is 12.7. The van der Waals surface area contributed by atoms with E-state index in [0.29, 0.717) is 10.2 Å². The van der Waals surface area contributed by atoms with Gasteiger partial charge in [0.1, 0.15) is 0 Å². The second-order valence-electron chi connectivity index (χ2n) is 5.31. The first-order chi connectivity index (χ1) is 10.0. The van der Waals surface area contributed by atoms with Gasteiger partial charge in [-0.15, -0.1) is 0 Å². The molecule has 0 aliphatic carbocycles. The van der Waals surface area contributed by atoms with Crippen molar-refractivity contribution in [3.8, 4) is 0 Å². The molecule has 0 radical (unpaired) electrons. The van der Waals surface area contributed by atoms with Gasteiger partial charge >= 0.3 is 12.0 Å². The average Bonchev–Trinajstić information content (AvgIpc) is 3.03. The lowest BCUT2D eigenvalue weighted by atomic mass is 9.96. The van der Waals surface area contributed by atoms with Crippen molar-refractivity contribution in [1.82, 2.24) is 5.32 Å². The predicted octanol–water partition coefficient (Wildman–Crippen LogP) is 2.59. The number of hydrogen-bond donors (Lipinski definition) is 3. The van der Waals surface area contributed by atoms with Gasteiger partial charge in [-0.25, -0.2) is 9.59 Å². The first kappa shape index (κ1) is 14.3. The number of aromatic carboxylic acids is 1. The zero-order chi connectivity index (χ0) is 15.0. The Labute approximate surface area is 130 Å². The molecule has 1 aromatic rings. The lowest BCUT2D eigenvalue weighted by Crippen LogP contribution is -2.43. The molecule has 2 aliphatic rings. The fourth-order valence-electron chi connectivity index (χ4n) is 2.89. The Morgan fingerprint density at radius 3 is 2.76 bits per heavy atom. The monoisotopic (exact) mass is 354 g/mol. The molecule has 0 saturated carbocycles. The zero-order valence-electron chi connectivity index (χ0n) is 11.1. The van der Waals surface area contributed by atoms with Crippen molar-refractivity contribution in [3.63, 3.8) is 0 Å². The third-order valence-electron chi connectivity index (χ3n) is 3.88. The van der Waals surface area contributed by atoms with Crippen molar-refractivity contribution >= 4 is 33.6 Å². The lowest BCUT2D eigenvalue weighted by molar-refractivity contribution is 0.0696. The molecule has 7 heteroatoms. The summed E-state index contributed by atoms with van der Waals surface area (Å²) in [5, 5.41) is 14.6. The van der Waals surface area contributed by atoms with Gasteiger partial charge < -0.3 is 20.5 Å². The van der Waals surface area contributed by atoms with Crippen molar-refractivity contribution in [2.45, 2.75) is 37.5 Å². The van der Waals surface area contributed by atoms with E-state index < -0.39 is 5.97 Å². The minimum absolute atomic E-state index is 0.0399. The Morgan fingerprint density at radius 2 is 2.14 bits per heavy atom. The van der Waals surface area contributed by atoms with Gasteiger partial charge in [0.05, 0.1) is 23.8 Å². The van der Waals surface area contributed by atoms with Crippen molar-refractivity contribution in [1.29, 1.82) is 0 Å². The van der Waals surface area contributed by atoms with Gasteiger partial charge in [0, 0.05) is 10.2 Å². The minimum Gasteiger partial charge on any atom is -0.478 e. The highest BCUT2D eigenvalue weighted by molar-refractivity contribution is 9.10. The fraction of sp³-hybridized carbons (Fsp3) is 0.429. The number of anilines is 1. The number of amides is 2. The van der Waals surface area contributed by atoms with Crippen LogP contribution in [0, 0.1) is 0 Å². The smallest absolute Gasteiger partial charge is 0.336 e. The molecule has 3 unspecified atom stereocenters. The molecule has 2 amide bonds. The van der Waals surface area contributed by atoms with Crippen LogP contribution < -0.4 is 10.6 Å². The van der Waals surface area contributed by atoms with Gasteiger partial charge in [0.2, 0.25) is 0 Å². The summed E-state index contributed by atoms with van der Waals surface area (Å²) in [5.74, 6) is -1.05. The molecule has 112 valence electrons. The number of carboxylic acid groups (broad SMARTS) is 1. The quantitative estimate of drug-likeness (QED) is 0.778. The fourth-order valence-corrected chi connectivity index (χ4v) is 3.31. The summed E-state index contributed by atoms with van der Waals surface area (Å²) in [6, 6.07) is 4.36. The minimum atomic E-state index is -1.05. The Bertz CT molecular complexity index is 592. The van der Waals surface area contributed by atoms with Crippen LogP contribution in [0.2, 0.25) is 0 Å². The summed E-state index contributed by atoms with van der Waals surface area (Å²) < 4.78 is 6.15. The van der Waals surface area contributed by atoms with Crippen LogP contribution in [0.1, 0.15) is 29.6 Å². The van der Waals surface area contributed by atoms with Gasteiger partial charge in [-0.05, 0) is 53.4 Å². The van der Waals surface area contributed by atoms with Crippen LogP contribution in [0.15, 0.2) is 22.7 Å². The molecular weight excluding hydrogens is 340 g/mol. The molecule has 21 heavy (non-hydrogen) atoms. The Morgan fingerprint density at radius 1 is 1.33 bits per heavy atom. The lowest BCUT2D eigenvalue weighted by Gasteiger charge is -2.20. The molecule has 2 heterocycles. The molecular formula is C14H15BrN2O4. The summed E-state index contributed by atoms with van der Waals surface area (Å²) in [5.41, 5.74) is 0.549. The molecule has 0 spiro atoms. The van der Waals surface area contributed by atoms with Gasteiger partial charge in [-0.1, -0.05) is 0 Å². The molecule has 0 aromatic heterocycles. The number of benzene rings is 1. The van der Waals surface area contributed by atoms with E-state index >= 15 is 0 Å². The number of carbonyl (C=O) groups excluding carboxylic acids is 1. The van der Waals surface area contributed by atoms with Crippen LogP contribution in [0.3, 0.4) is 0 Å². The van der Waals surface area contributed by atoms with Crippen LogP contribution in [0.25, 0.3) is 0 Å². The van der Waals surface area contributed by atoms with Gasteiger partial charge in [-0.3, -0.25) is 0 Å². The highest BCUT2D eigenvalue weighted by Crippen LogP contribution is 2.34. The van der Waals surface area contributed by atoms with Crippen molar-refractivity contribution in [2.75, 3.05) is 5.32 Å². The van der Waals surface area contributed by atoms with Crippen LogP contribution >= 0.6 is 15.9 Å². The molecule has 2 saturated heterocycles. The molecule has 6 nitrogen and oxygen atoms in total. The number of rotatable bonds is 3. The summed E-state index contributed by atoms with van der Waals surface area (Å²) in [4.78, 5) is 23.0. The summed E-state index contributed by atoms with van der Waals surface area (Å²) in [6.45, 7) is 0. The number of carboxylic acids is 1. The van der Waals surface area contributed by atoms with Gasteiger partial charge in [0.15, 0.2) is 0 Å². The van der Waals surface area contributed by atoms with Crippen LogP contribution in [0.5, 0.6) is 0 Å². The summed E-state index contributed by atoms with van der Waals surface area (Å²) >= 11 is 3.16. The maximum Gasteiger partial charge on any atom is 0.336 e. The van der Waals surface area contributed by atoms with Crippen molar-refractivity contribution in [2.24, 2.45) is 0 Å². The predicted molar refractivity (Wildman–Crippen MR) is 79.6 cm³/mol. The normalized spacial score (nSPS) is 26.6. The van der Waals surface area contributed by atoms with E-state index in [9.17, 15) is 9.59 Å². The maximum absolute atomic E-state index is 12.0. The van der Waals surface area contributed by atoms with Gasteiger partial charge in [0.25, 0.3) is 0 Å². The second-order valence-corrected chi connectivity index (χ2v) is 6.17. The summed E-state index contributed by atoms with van der Waals surface area (Å²) in [6.07, 6.45) is 3.28. The molecule has 3 N–H and O–H groups in total. The van der Waals surface area contributed by atoms with E-state index in [2.05, 4.69) is 26.6 Å². The van der Waals surface area contributed by atoms with Crippen molar-refractivity contribution < 1.29 is 19.4 Å². The number of hydrogen-bond acceptors (Lipinski definition) is 3. The van der Waals surface area contributed by atoms with E-state index in [4.69, 9.17) is 9.84 Å². The van der Waals surface area contributed by atoms with Crippen LogP contribution in [-0.4, -0.2) is 35.4 Å². The number of halogens is 1. The van der Waals surface area contributed by atoms with Crippen molar-refractivity contribution in [3.05, 3.63) is 28.2 Å². The SMILES string of the molecule is O=C(Nc1ccc(Br)c(C(=O)O)c1)NC1CC2CCC1O2. The van der Waals surface area contributed by atoms with E-state index in [1.165, 1.54) is 6.07 Å². The highest BCUT2D eigenvalue weighted by Gasteiger charge is 2.41. The topological polar surface area (TPSA) is 87.7 Å². The number of fused-ring (bicyclic) bond motifs is 2.